The van der Waals surface area contributed by atoms with Gasteiger partial charge in [0.15, 0.2) is 9.84 Å². The van der Waals surface area contributed by atoms with Crippen molar-refractivity contribution in [3.05, 3.63) is 29.8 Å². The van der Waals surface area contributed by atoms with Crippen LogP contribution in [0.15, 0.2) is 29.2 Å². The van der Waals surface area contributed by atoms with Crippen molar-refractivity contribution in [3.8, 4) is 11.8 Å². The van der Waals surface area contributed by atoms with Crippen LogP contribution in [0.5, 0.6) is 0 Å². The first kappa shape index (κ1) is 11.2. The predicted molar refractivity (Wildman–Crippen MR) is 62.7 cm³/mol. The summed E-state index contributed by atoms with van der Waals surface area (Å²) in [5.41, 5.74) is 0.861. The molecular weight excluding hydrogens is 222 g/mol. The molecule has 1 aromatic rings. The van der Waals surface area contributed by atoms with Gasteiger partial charge < -0.3 is 0 Å². The van der Waals surface area contributed by atoms with Crippen LogP contribution in [-0.2, 0) is 9.84 Å². The Kier molecular flexibility index (Phi) is 2.99. The van der Waals surface area contributed by atoms with Gasteiger partial charge in [0, 0.05) is 6.04 Å². The summed E-state index contributed by atoms with van der Waals surface area (Å²) in [6, 6.07) is 7.02. The standard InChI is InChI=1S/C12H13NO2S/c1-2-3-8-13-11-9-16(14,15)12-7-5-4-6-10(11)12/h4-7,11,13H,8-9H2,1H3. The molecule has 1 aliphatic rings. The van der Waals surface area contributed by atoms with Gasteiger partial charge in [-0.2, -0.15) is 0 Å². The lowest BCUT2D eigenvalue weighted by molar-refractivity contribution is 0.587. The molecule has 0 fully saturated rings. The Bertz CT molecular complexity index is 552. The summed E-state index contributed by atoms with van der Waals surface area (Å²) in [6.07, 6.45) is 0. The van der Waals surface area contributed by atoms with E-state index in [-0.39, 0.29) is 11.8 Å². The Hall–Kier alpha value is -1.31. The minimum atomic E-state index is -3.10. The zero-order valence-electron chi connectivity index (χ0n) is 9.03. The highest BCUT2D eigenvalue weighted by molar-refractivity contribution is 7.91. The second-order valence-electron chi connectivity index (χ2n) is 3.68. The number of sulfone groups is 1. The molecule has 1 aliphatic heterocycles. The van der Waals surface area contributed by atoms with Crippen molar-refractivity contribution >= 4 is 9.84 Å². The van der Waals surface area contributed by atoms with E-state index in [0.29, 0.717) is 11.4 Å². The lowest BCUT2D eigenvalue weighted by Gasteiger charge is -2.09. The minimum Gasteiger partial charge on any atom is -0.298 e. The van der Waals surface area contributed by atoms with Crippen LogP contribution in [0.2, 0.25) is 0 Å². The summed E-state index contributed by atoms with van der Waals surface area (Å²) in [4.78, 5) is 0.456. The normalized spacial score (nSPS) is 20.9. The topological polar surface area (TPSA) is 46.2 Å². The number of fused-ring (bicyclic) bond motifs is 1. The summed E-state index contributed by atoms with van der Waals surface area (Å²) in [5, 5.41) is 3.14. The number of hydrogen-bond donors (Lipinski definition) is 1. The number of nitrogens with one attached hydrogen (secondary N) is 1. The number of rotatable bonds is 2. The summed E-state index contributed by atoms with van der Waals surface area (Å²) < 4.78 is 23.6. The van der Waals surface area contributed by atoms with Crippen LogP contribution in [0.1, 0.15) is 18.5 Å². The number of benzene rings is 1. The molecule has 0 aliphatic carbocycles. The van der Waals surface area contributed by atoms with E-state index in [1.807, 2.05) is 12.1 Å². The van der Waals surface area contributed by atoms with Gasteiger partial charge in [0.1, 0.15) is 0 Å². The van der Waals surface area contributed by atoms with Crippen LogP contribution < -0.4 is 5.32 Å². The van der Waals surface area contributed by atoms with Gasteiger partial charge in [-0.25, -0.2) is 8.42 Å². The zero-order chi connectivity index (χ0) is 11.6. The molecule has 0 aromatic heterocycles. The molecular formula is C12H13NO2S. The van der Waals surface area contributed by atoms with Crippen LogP contribution in [0.4, 0.5) is 0 Å². The third kappa shape index (κ3) is 1.97. The average molecular weight is 235 g/mol. The third-order valence-electron chi connectivity index (χ3n) is 2.63. The third-order valence-corrected chi connectivity index (χ3v) is 4.44. The first-order valence-corrected chi connectivity index (χ1v) is 6.75. The first-order valence-electron chi connectivity index (χ1n) is 5.10. The maximum atomic E-state index is 11.8. The number of hydrogen-bond acceptors (Lipinski definition) is 3. The second kappa shape index (κ2) is 4.28. The van der Waals surface area contributed by atoms with Crippen molar-refractivity contribution in [3.63, 3.8) is 0 Å². The van der Waals surface area contributed by atoms with Crippen molar-refractivity contribution in [2.45, 2.75) is 17.9 Å². The van der Waals surface area contributed by atoms with Gasteiger partial charge in [0.05, 0.1) is 17.2 Å². The summed E-state index contributed by atoms with van der Waals surface area (Å²) in [6.45, 7) is 2.28. The zero-order valence-corrected chi connectivity index (χ0v) is 9.84. The van der Waals surface area contributed by atoms with Gasteiger partial charge in [-0.1, -0.05) is 24.1 Å². The molecule has 0 radical (unpaired) electrons. The minimum absolute atomic E-state index is 0.123. The first-order chi connectivity index (χ1) is 7.65. The highest BCUT2D eigenvalue weighted by Gasteiger charge is 2.33. The SMILES string of the molecule is CC#CCNC1CS(=O)(=O)c2ccccc21. The molecule has 0 amide bonds. The van der Waals surface area contributed by atoms with Gasteiger partial charge in [0.2, 0.25) is 0 Å². The molecule has 3 nitrogen and oxygen atoms in total. The molecule has 0 saturated carbocycles. The molecule has 1 unspecified atom stereocenters. The fourth-order valence-corrected chi connectivity index (χ4v) is 3.65. The lowest BCUT2D eigenvalue weighted by atomic mass is 10.1. The van der Waals surface area contributed by atoms with Crippen molar-refractivity contribution in [2.24, 2.45) is 0 Å². The second-order valence-corrected chi connectivity index (χ2v) is 5.68. The van der Waals surface area contributed by atoms with Crippen LogP contribution in [0, 0.1) is 11.8 Å². The van der Waals surface area contributed by atoms with Crippen LogP contribution >= 0.6 is 0 Å². The highest BCUT2D eigenvalue weighted by Crippen LogP contribution is 2.32. The predicted octanol–water partition coefficient (Wildman–Crippen LogP) is 1.13. The molecule has 16 heavy (non-hydrogen) atoms. The molecule has 0 bridgehead atoms. The van der Waals surface area contributed by atoms with Crippen LogP contribution in [-0.4, -0.2) is 20.7 Å². The Morgan fingerprint density at radius 3 is 2.94 bits per heavy atom. The van der Waals surface area contributed by atoms with E-state index in [9.17, 15) is 8.42 Å². The van der Waals surface area contributed by atoms with E-state index < -0.39 is 9.84 Å². The molecule has 0 spiro atoms. The average Bonchev–Trinajstić information content (AvgIpc) is 2.52. The van der Waals surface area contributed by atoms with E-state index in [1.165, 1.54) is 0 Å². The summed E-state index contributed by atoms with van der Waals surface area (Å²) in [7, 11) is -3.10. The fraction of sp³-hybridized carbons (Fsp3) is 0.333. The Morgan fingerprint density at radius 1 is 1.44 bits per heavy atom. The van der Waals surface area contributed by atoms with Crippen molar-refractivity contribution in [1.82, 2.24) is 5.32 Å². The van der Waals surface area contributed by atoms with Gasteiger partial charge in [-0.15, -0.1) is 5.92 Å². The monoisotopic (exact) mass is 235 g/mol. The fourth-order valence-electron chi connectivity index (χ4n) is 1.88. The maximum absolute atomic E-state index is 11.8. The van der Waals surface area contributed by atoms with E-state index in [0.717, 1.165) is 5.56 Å². The highest BCUT2D eigenvalue weighted by atomic mass is 32.2. The summed E-state index contributed by atoms with van der Waals surface area (Å²) >= 11 is 0. The summed E-state index contributed by atoms with van der Waals surface area (Å²) in [5.74, 6) is 5.79. The smallest absolute Gasteiger partial charge is 0.180 e. The molecule has 1 aromatic carbocycles. The van der Waals surface area contributed by atoms with E-state index >= 15 is 0 Å². The molecule has 1 N–H and O–H groups in total. The Morgan fingerprint density at radius 2 is 2.19 bits per heavy atom. The van der Waals surface area contributed by atoms with Crippen LogP contribution in [0.3, 0.4) is 0 Å². The van der Waals surface area contributed by atoms with Gasteiger partial charge >= 0.3 is 0 Å². The van der Waals surface area contributed by atoms with Crippen molar-refractivity contribution < 1.29 is 8.42 Å². The molecule has 84 valence electrons. The largest absolute Gasteiger partial charge is 0.298 e. The molecule has 1 heterocycles. The van der Waals surface area contributed by atoms with Crippen molar-refractivity contribution in [1.29, 1.82) is 0 Å². The van der Waals surface area contributed by atoms with Gasteiger partial charge in [-0.3, -0.25) is 5.32 Å². The van der Waals surface area contributed by atoms with Gasteiger partial charge in [0.25, 0.3) is 0 Å². The molecule has 4 heteroatoms. The lowest BCUT2D eigenvalue weighted by Crippen LogP contribution is -2.23. The molecule has 1 atom stereocenters. The Balaban J connectivity index is 2.29. The maximum Gasteiger partial charge on any atom is 0.180 e. The van der Waals surface area contributed by atoms with E-state index in [1.54, 1.807) is 19.1 Å². The van der Waals surface area contributed by atoms with Gasteiger partial charge in [-0.05, 0) is 18.6 Å². The quantitative estimate of drug-likeness (QED) is 0.782. The van der Waals surface area contributed by atoms with E-state index in [4.69, 9.17) is 0 Å². The van der Waals surface area contributed by atoms with E-state index in [2.05, 4.69) is 17.2 Å². The van der Waals surface area contributed by atoms with Crippen molar-refractivity contribution in [2.75, 3.05) is 12.3 Å². The molecule has 0 saturated heterocycles. The Labute approximate surface area is 95.8 Å². The molecule has 2 rings (SSSR count). The van der Waals surface area contributed by atoms with Crippen LogP contribution in [0.25, 0.3) is 0 Å².